The summed E-state index contributed by atoms with van der Waals surface area (Å²) in [6.07, 6.45) is 0.646. The molecule has 9 nitrogen and oxygen atoms in total. The van der Waals surface area contributed by atoms with Gasteiger partial charge in [-0.3, -0.25) is 14.5 Å². The van der Waals surface area contributed by atoms with Gasteiger partial charge in [0.1, 0.15) is 11.5 Å². The molecule has 2 heterocycles. The topological polar surface area (TPSA) is 109 Å². The Morgan fingerprint density at radius 2 is 1.84 bits per heavy atom. The monoisotopic (exact) mass is 510 g/mol. The van der Waals surface area contributed by atoms with Crippen LogP contribution < -0.4 is 9.47 Å². The van der Waals surface area contributed by atoms with E-state index in [1.165, 1.54) is 18.1 Å². The van der Waals surface area contributed by atoms with Crippen LogP contribution in [0.25, 0.3) is 5.76 Å². The number of carbonyl (C=O) groups excluding carboxylic acids is 2. The van der Waals surface area contributed by atoms with Crippen LogP contribution in [0.2, 0.25) is 0 Å². The van der Waals surface area contributed by atoms with Crippen LogP contribution in [0.3, 0.4) is 0 Å². The molecule has 1 atom stereocenters. The lowest BCUT2D eigenvalue weighted by Gasteiger charge is -2.29. The van der Waals surface area contributed by atoms with Crippen LogP contribution in [0, 0.1) is 6.92 Å². The number of hydrogen-bond donors (Lipinski definition) is 2. The number of phenolic OH excluding ortho intramolecular Hbond substituents is 1. The Hall–Kier alpha value is -3.56. The predicted molar refractivity (Wildman–Crippen MR) is 138 cm³/mol. The summed E-state index contributed by atoms with van der Waals surface area (Å²) < 4.78 is 16.6. The standard InChI is InChI=1S/C28H34N2O7/c1-4-37-22-9-7-19(17-23(22)35-3)25-24(26(32)20-16-18(2)6-8-21(20)31)27(33)28(34)30(25)11-5-10-29-12-14-36-15-13-29/h6-9,16-17,25,31-32H,4-5,10-15H2,1-3H3/t25-/m1/s1. The van der Waals surface area contributed by atoms with Gasteiger partial charge in [0.15, 0.2) is 11.5 Å². The second kappa shape index (κ2) is 11.7. The van der Waals surface area contributed by atoms with Crippen LogP contribution in [0.4, 0.5) is 0 Å². The van der Waals surface area contributed by atoms with Crippen molar-refractivity contribution in [3.05, 3.63) is 58.7 Å². The van der Waals surface area contributed by atoms with Gasteiger partial charge in [-0.15, -0.1) is 0 Å². The molecule has 37 heavy (non-hydrogen) atoms. The number of ether oxygens (including phenoxy) is 3. The molecule has 0 bridgehead atoms. The lowest BCUT2D eigenvalue weighted by molar-refractivity contribution is -0.140. The van der Waals surface area contributed by atoms with Gasteiger partial charge in [-0.1, -0.05) is 17.7 Å². The van der Waals surface area contributed by atoms with E-state index in [-0.39, 0.29) is 16.9 Å². The number of amides is 1. The average molecular weight is 511 g/mol. The van der Waals surface area contributed by atoms with Crippen molar-refractivity contribution in [1.82, 2.24) is 9.80 Å². The molecule has 198 valence electrons. The molecule has 0 saturated carbocycles. The Kier molecular flexibility index (Phi) is 8.35. The molecular weight excluding hydrogens is 476 g/mol. The Labute approximate surface area is 216 Å². The maximum Gasteiger partial charge on any atom is 0.295 e. The largest absolute Gasteiger partial charge is 0.507 e. The van der Waals surface area contributed by atoms with Crippen molar-refractivity contribution in [2.75, 3.05) is 53.1 Å². The van der Waals surface area contributed by atoms with Gasteiger partial charge >= 0.3 is 0 Å². The summed E-state index contributed by atoms with van der Waals surface area (Å²) in [7, 11) is 1.52. The predicted octanol–water partition coefficient (Wildman–Crippen LogP) is 3.25. The molecule has 0 spiro atoms. The van der Waals surface area contributed by atoms with Crippen molar-refractivity contribution in [2.24, 2.45) is 0 Å². The lowest BCUT2D eigenvalue weighted by Crippen LogP contribution is -2.39. The first kappa shape index (κ1) is 26.5. The van der Waals surface area contributed by atoms with Crippen LogP contribution >= 0.6 is 0 Å². The first-order valence-electron chi connectivity index (χ1n) is 12.5. The molecule has 2 aliphatic heterocycles. The fourth-order valence-corrected chi connectivity index (χ4v) is 4.86. The van der Waals surface area contributed by atoms with Gasteiger partial charge in [-0.25, -0.2) is 0 Å². The Morgan fingerprint density at radius 3 is 2.54 bits per heavy atom. The van der Waals surface area contributed by atoms with Gasteiger partial charge in [0, 0.05) is 26.2 Å². The maximum atomic E-state index is 13.3. The number of Topliss-reactive ketones (excluding diaryl/α,β-unsaturated/α-hetero) is 1. The van der Waals surface area contributed by atoms with E-state index < -0.39 is 23.5 Å². The van der Waals surface area contributed by atoms with Crippen LogP contribution in [0.1, 0.15) is 36.1 Å². The van der Waals surface area contributed by atoms with E-state index in [1.807, 2.05) is 13.8 Å². The molecule has 2 fully saturated rings. The molecule has 2 N–H and O–H groups in total. The van der Waals surface area contributed by atoms with Crippen molar-refractivity contribution in [2.45, 2.75) is 26.3 Å². The number of ketones is 1. The normalized spacial score (nSPS) is 19.9. The molecule has 0 aromatic heterocycles. The number of aromatic hydroxyl groups is 1. The summed E-state index contributed by atoms with van der Waals surface area (Å²) in [6.45, 7) is 8.20. The van der Waals surface area contributed by atoms with Gasteiger partial charge in [-0.05, 0) is 50.1 Å². The van der Waals surface area contributed by atoms with Gasteiger partial charge in [0.25, 0.3) is 11.7 Å². The number of carbonyl (C=O) groups is 2. The van der Waals surface area contributed by atoms with Crippen molar-refractivity contribution < 1.29 is 34.0 Å². The molecule has 0 radical (unpaired) electrons. The minimum Gasteiger partial charge on any atom is -0.507 e. The zero-order valence-electron chi connectivity index (χ0n) is 21.5. The highest BCUT2D eigenvalue weighted by atomic mass is 16.5. The van der Waals surface area contributed by atoms with E-state index in [9.17, 15) is 19.8 Å². The molecule has 0 unspecified atom stereocenters. The zero-order chi connectivity index (χ0) is 26.5. The van der Waals surface area contributed by atoms with E-state index in [2.05, 4.69) is 4.90 Å². The highest BCUT2D eigenvalue weighted by Crippen LogP contribution is 2.43. The summed E-state index contributed by atoms with van der Waals surface area (Å²) in [6, 6.07) is 9.11. The molecule has 2 saturated heterocycles. The van der Waals surface area contributed by atoms with Crippen LogP contribution in [0.15, 0.2) is 42.0 Å². The number of morpholine rings is 1. The van der Waals surface area contributed by atoms with E-state index in [1.54, 1.807) is 30.3 Å². The van der Waals surface area contributed by atoms with Crippen molar-refractivity contribution in [3.8, 4) is 17.2 Å². The number of nitrogens with zero attached hydrogens (tertiary/aromatic N) is 2. The number of aryl methyl sites for hydroxylation is 1. The highest BCUT2D eigenvalue weighted by molar-refractivity contribution is 6.46. The van der Waals surface area contributed by atoms with E-state index in [0.29, 0.717) is 49.8 Å². The number of aliphatic hydroxyl groups is 1. The van der Waals surface area contributed by atoms with Crippen molar-refractivity contribution >= 4 is 17.4 Å². The molecule has 0 aliphatic carbocycles. The first-order chi connectivity index (χ1) is 17.8. The number of phenols is 1. The number of rotatable bonds is 9. The summed E-state index contributed by atoms with van der Waals surface area (Å²) in [5, 5.41) is 21.7. The smallest absolute Gasteiger partial charge is 0.295 e. The number of methoxy groups -OCH3 is 1. The van der Waals surface area contributed by atoms with Crippen LogP contribution in [0.5, 0.6) is 17.2 Å². The Balaban J connectivity index is 1.75. The van der Waals surface area contributed by atoms with Gasteiger partial charge in [0.05, 0.1) is 44.1 Å². The van der Waals surface area contributed by atoms with Gasteiger partial charge in [0.2, 0.25) is 0 Å². The van der Waals surface area contributed by atoms with E-state index in [4.69, 9.17) is 14.2 Å². The maximum absolute atomic E-state index is 13.3. The van der Waals surface area contributed by atoms with Crippen LogP contribution in [-0.4, -0.2) is 84.8 Å². The fourth-order valence-electron chi connectivity index (χ4n) is 4.86. The fraction of sp³-hybridized carbons (Fsp3) is 0.429. The molecule has 1 amide bonds. The molecule has 9 heteroatoms. The summed E-state index contributed by atoms with van der Waals surface area (Å²) >= 11 is 0. The lowest BCUT2D eigenvalue weighted by atomic mass is 9.94. The summed E-state index contributed by atoms with van der Waals surface area (Å²) in [5.74, 6) is -1.07. The highest BCUT2D eigenvalue weighted by Gasteiger charge is 2.46. The van der Waals surface area contributed by atoms with E-state index in [0.717, 1.165) is 25.2 Å². The number of hydrogen-bond acceptors (Lipinski definition) is 8. The zero-order valence-corrected chi connectivity index (χ0v) is 21.5. The first-order valence-corrected chi connectivity index (χ1v) is 12.5. The second-order valence-corrected chi connectivity index (χ2v) is 9.16. The van der Waals surface area contributed by atoms with Gasteiger partial charge in [-0.2, -0.15) is 0 Å². The minimum atomic E-state index is -0.853. The number of likely N-dealkylation sites (tertiary alicyclic amines) is 1. The van der Waals surface area contributed by atoms with E-state index >= 15 is 0 Å². The Bertz CT molecular complexity index is 1190. The molecule has 2 aromatic carbocycles. The molecular formula is C28H34N2O7. The molecule has 4 rings (SSSR count). The van der Waals surface area contributed by atoms with Gasteiger partial charge < -0.3 is 29.3 Å². The van der Waals surface area contributed by atoms with Crippen LogP contribution in [-0.2, 0) is 14.3 Å². The quantitative estimate of drug-likeness (QED) is 0.301. The third-order valence-corrected chi connectivity index (χ3v) is 6.73. The molecule has 2 aliphatic rings. The Morgan fingerprint density at radius 1 is 1.08 bits per heavy atom. The molecule has 2 aromatic rings. The third kappa shape index (κ3) is 5.57. The SMILES string of the molecule is CCOc1ccc([C@@H]2C(=C(O)c3cc(C)ccc3O)C(=O)C(=O)N2CCCN2CCOCC2)cc1OC. The summed E-state index contributed by atoms with van der Waals surface area (Å²) in [4.78, 5) is 30.4. The van der Waals surface area contributed by atoms with Crippen molar-refractivity contribution in [3.63, 3.8) is 0 Å². The summed E-state index contributed by atoms with van der Waals surface area (Å²) in [5.41, 5.74) is 1.43. The van der Waals surface area contributed by atoms with Crippen molar-refractivity contribution in [1.29, 1.82) is 0 Å². The number of benzene rings is 2. The second-order valence-electron chi connectivity index (χ2n) is 9.16. The number of aliphatic hydroxyl groups excluding tert-OH is 1. The average Bonchev–Trinajstić information content (AvgIpc) is 3.15. The minimum absolute atomic E-state index is 0.0662. The third-order valence-electron chi connectivity index (χ3n) is 6.73.